The Balaban J connectivity index is 1.57. The molecule has 0 radical (unpaired) electrons. The molecule has 1 heterocycles. The van der Waals surface area contributed by atoms with E-state index in [9.17, 15) is 9.59 Å². The minimum Gasteiger partial charge on any atom is -0.454 e. The standard InChI is InChI=1S/C20H22N2O4/c1-3-13(2)22-20(24)16-7-5-15(6-8-16)19(23)21-11-14-4-9-17-18(10-14)26-12-25-17/h4-10,13H,3,11-12H2,1-2H3,(H,21,23)(H,22,24). The van der Waals surface area contributed by atoms with Crippen LogP contribution in [0, 0.1) is 0 Å². The van der Waals surface area contributed by atoms with Crippen LogP contribution in [0.25, 0.3) is 0 Å². The van der Waals surface area contributed by atoms with Gasteiger partial charge in [0.05, 0.1) is 0 Å². The Bertz CT molecular complexity index is 802. The lowest BCUT2D eigenvalue weighted by atomic mass is 10.1. The van der Waals surface area contributed by atoms with E-state index in [2.05, 4.69) is 10.6 Å². The minimum absolute atomic E-state index is 0.118. The predicted molar refractivity (Wildman–Crippen MR) is 97.4 cm³/mol. The van der Waals surface area contributed by atoms with E-state index in [-0.39, 0.29) is 24.6 Å². The van der Waals surface area contributed by atoms with Gasteiger partial charge in [0, 0.05) is 23.7 Å². The van der Waals surface area contributed by atoms with Gasteiger partial charge >= 0.3 is 0 Å². The Labute approximate surface area is 152 Å². The molecule has 0 fully saturated rings. The van der Waals surface area contributed by atoms with Crippen LogP contribution >= 0.6 is 0 Å². The normalized spacial score (nSPS) is 13.2. The quantitative estimate of drug-likeness (QED) is 0.836. The predicted octanol–water partition coefficient (Wildman–Crippen LogP) is 2.87. The van der Waals surface area contributed by atoms with Crippen molar-refractivity contribution in [2.75, 3.05) is 6.79 Å². The molecule has 0 aliphatic carbocycles. The average molecular weight is 354 g/mol. The van der Waals surface area contributed by atoms with Crippen LogP contribution in [0.5, 0.6) is 11.5 Å². The van der Waals surface area contributed by atoms with Gasteiger partial charge in [-0.1, -0.05) is 13.0 Å². The first-order valence-corrected chi connectivity index (χ1v) is 8.64. The van der Waals surface area contributed by atoms with E-state index < -0.39 is 0 Å². The van der Waals surface area contributed by atoms with Crippen molar-refractivity contribution < 1.29 is 19.1 Å². The smallest absolute Gasteiger partial charge is 0.251 e. The number of hydrogen-bond acceptors (Lipinski definition) is 4. The second kappa shape index (κ2) is 7.91. The summed E-state index contributed by atoms with van der Waals surface area (Å²) in [4.78, 5) is 24.4. The fraction of sp³-hybridized carbons (Fsp3) is 0.300. The maximum absolute atomic E-state index is 12.3. The van der Waals surface area contributed by atoms with Gasteiger partial charge in [0.25, 0.3) is 11.8 Å². The number of hydrogen-bond donors (Lipinski definition) is 2. The van der Waals surface area contributed by atoms with Gasteiger partial charge in [-0.2, -0.15) is 0 Å². The van der Waals surface area contributed by atoms with Crippen LogP contribution in [0.15, 0.2) is 42.5 Å². The van der Waals surface area contributed by atoms with Gasteiger partial charge in [-0.05, 0) is 55.3 Å². The molecule has 6 nitrogen and oxygen atoms in total. The van der Waals surface area contributed by atoms with Crippen molar-refractivity contribution in [3.8, 4) is 11.5 Å². The van der Waals surface area contributed by atoms with Crippen LogP contribution in [0.3, 0.4) is 0 Å². The Kier molecular flexibility index (Phi) is 5.41. The largest absolute Gasteiger partial charge is 0.454 e. The lowest BCUT2D eigenvalue weighted by molar-refractivity contribution is 0.0931. The molecule has 1 aliphatic rings. The molecule has 6 heteroatoms. The molecule has 2 amide bonds. The van der Waals surface area contributed by atoms with Crippen molar-refractivity contribution in [3.63, 3.8) is 0 Å². The Hall–Kier alpha value is -3.02. The molecule has 26 heavy (non-hydrogen) atoms. The number of rotatable bonds is 6. The van der Waals surface area contributed by atoms with E-state index in [0.29, 0.717) is 29.2 Å². The molecule has 0 saturated heterocycles. The fourth-order valence-corrected chi connectivity index (χ4v) is 2.52. The number of ether oxygens (including phenoxy) is 2. The molecule has 0 bridgehead atoms. The van der Waals surface area contributed by atoms with Gasteiger partial charge in [0.15, 0.2) is 11.5 Å². The van der Waals surface area contributed by atoms with Crippen LogP contribution in [-0.4, -0.2) is 24.6 Å². The van der Waals surface area contributed by atoms with Crippen molar-refractivity contribution in [1.29, 1.82) is 0 Å². The van der Waals surface area contributed by atoms with Crippen LogP contribution in [0.4, 0.5) is 0 Å². The number of carbonyl (C=O) groups excluding carboxylic acids is 2. The zero-order chi connectivity index (χ0) is 18.5. The lowest BCUT2D eigenvalue weighted by Crippen LogP contribution is -2.32. The highest BCUT2D eigenvalue weighted by molar-refractivity contribution is 5.97. The third-order valence-electron chi connectivity index (χ3n) is 4.29. The highest BCUT2D eigenvalue weighted by Crippen LogP contribution is 2.32. The Morgan fingerprint density at radius 3 is 2.35 bits per heavy atom. The molecule has 136 valence electrons. The minimum atomic E-state index is -0.198. The second-order valence-electron chi connectivity index (χ2n) is 6.23. The van der Waals surface area contributed by atoms with Crippen LogP contribution < -0.4 is 20.1 Å². The summed E-state index contributed by atoms with van der Waals surface area (Å²) in [6.45, 7) is 4.57. The van der Waals surface area contributed by atoms with E-state index in [1.54, 1.807) is 24.3 Å². The summed E-state index contributed by atoms with van der Waals surface area (Å²) in [5.74, 6) is 1.07. The molecule has 2 aromatic carbocycles. The van der Waals surface area contributed by atoms with Crippen molar-refractivity contribution in [3.05, 3.63) is 59.2 Å². The molecule has 3 rings (SSSR count). The Morgan fingerprint density at radius 1 is 1.00 bits per heavy atom. The van der Waals surface area contributed by atoms with Crippen molar-refractivity contribution in [1.82, 2.24) is 10.6 Å². The number of amides is 2. The van der Waals surface area contributed by atoms with E-state index in [1.165, 1.54) is 0 Å². The third-order valence-corrected chi connectivity index (χ3v) is 4.29. The molecule has 0 saturated carbocycles. The summed E-state index contributed by atoms with van der Waals surface area (Å²) in [6, 6.07) is 12.3. The summed E-state index contributed by atoms with van der Waals surface area (Å²) < 4.78 is 10.6. The van der Waals surface area contributed by atoms with Gasteiger partial charge < -0.3 is 20.1 Å². The SMILES string of the molecule is CCC(C)NC(=O)c1ccc(C(=O)NCc2ccc3c(c2)OCO3)cc1. The monoisotopic (exact) mass is 354 g/mol. The molecular formula is C20H22N2O4. The lowest BCUT2D eigenvalue weighted by Gasteiger charge is -2.11. The number of benzene rings is 2. The summed E-state index contributed by atoms with van der Waals surface area (Å²) in [5, 5.41) is 5.76. The molecule has 0 spiro atoms. The molecular weight excluding hydrogens is 332 g/mol. The second-order valence-corrected chi connectivity index (χ2v) is 6.23. The molecule has 2 N–H and O–H groups in total. The Morgan fingerprint density at radius 2 is 1.65 bits per heavy atom. The van der Waals surface area contributed by atoms with Gasteiger partial charge in [0.1, 0.15) is 0 Å². The average Bonchev–Trinajstić information content (AvgIpc) is 3.13. The number of fused-ring (bicyclic) bond motifs is 1. The van der Waals surface area contributed by atoms with Crippen LogP contribution in [0.2, 0.25) is 0 Å². The van der Waals surface area contributed by atoms with Crippen molar-refractivity contribution in [2.24, 2.45) is 0 Å². The summed E-state index contributed by atoms with van der Waals surface area (Å²) in [5.41, 5.74) is 1.97. The van der Waals surface area contributed by atoms with Crippen molar-refractivity contribution >= 4 is 11.8 Å². The molecule has 1 aliphatic heterocycles. The van der Waals surface area contributed by atoms with Gasteiger partial charge in [-0.25, -0.2) is 0 Å². The summed E-state index contributed by atoms with van der Waals surface area (Å²) >= 11 is 0. The third kappa shape index (κ3) is 4.14. The molecule has 1 atom stereocenters. The summed E-state index contributed by atoms with van der Waals surface area (Å²) in [7, 11) is 0. The van der Waals surface area contributed by atoms with Gasteiger partial charge in [-0.3, -0.25) is 9.59 Å². The first-order valence-electron chi connectivity index (χ1n) is 8.64. The molecule has 0 aromatic heterocycles. The van der Waals surface area contributed by atoms with E-state index in [0.717, 1.165) is 12.0 Å². The molecule has 2 aromatic rings. The highest BCUT2D eigenvalue weighted by Gasteiger charge is 2.14. The first-order chi connectivity index (χ1) is 12.6. The van der Waals surface area contributed by atoms with Crippen molar-refractivity contribution in [2.45, 2.75) is 32.9 Å². The topological polar surface area (TPSA) is 76.7 Å². The maximum Gasteiger partial charge on any atom is 0.251 e. The fourth-order valence-electron chi connectivity index (χ4n) is 2.52. The number of carbonyl (C=O) groups is 2. The van der Waals surface area contributed by atoms with E-state index in [4.69, 9.17) is 9.47 Å². The van der Waals surface area contributed by atoms with E-state index >= 15 is 0 Å². The highest BCUT2D eigenvalue weighted by atomic mass is 16.7. The summed E-state index contributed by atoms with van der Waals surface area (Å²) in [6.07, 6.45) is 0.867. The molecule has 1 unspecified atom stereocenters. The number of nitrogens with one attached hydrogen (secondary N) is 2. The van der Waals surface area contributed by atoms with Crippen LogP contribution in [0.1, 0.15) is 46.5 Å². The van der Waals surface area contributed by atoms with Gasteiger partial charge in [0.2, 0.25) is 6.79 Å². The zero-order valence-corrected chi connectivity index (χ0v) is 14.9. The zero-order valence-electron chi connectivity index (χ0n) is 14.9. The van der Waals surface area contributed by atoms with E-state index in [1.807, 2.05) is 32.0 Å². The van der Waals surface area contributed by atoms with Crippen LogP contribution in [-0.2, 0) is 6.54 Å². The van der Waals surface area contributed by atoms with Gasteiger partial charge in [-0.15, -0.1) is 0 Å². The first kappa shape index (κ1) is 17.8. The maximum atomic E-state index is 12.3.